The van der Waals surface area contributed by atoms with E-state index in [0.29, 0.717) is 6.61 Å². The zero-order chi connectivity index (χ0) is 15.2. The molecule has 1 aliphatic heterocycles. The maximum absolute atomic E-state index is 10.3. The maximum Gasteiger partial charge on any atom is 0.186 e. The molecule has 0 unspecified atom stereocenters. The Labute approximate surface area is 124 Å². The van der Waals surface area contributed by atoms with E-state index in [4.69, 9.17) is 18.9 Å². The molecule has 0 radical (unpaired) electrons. The first kappa shape index (κ1) is 16.4. The van der Waals surface area contributed by atoms with Gasteiger partial charge in [-0.25, -0.2) is 0 Å². The van der Waals surface area contributed by atoms with Crippen LogP contribution < -0.4 is 0 Å². The van der Waals surface area contributed by atoms with E-state index in [1.807, 2.05) is 30.3 Å². The summed E-state index contributed by atoms with van der Waals surface area (Å²) in [5.74, 6) is 0. The van der Waals surface area contributed by atoms with Crippen LogP contribution in [0.3, 0.4) is 0 Å². The second kappa shape index (κ2) is 7.84. The van der Waals surface area contributed by atoms with Gasteiger partial charge in [0, 0.05) is 14.2 Å². The van der Waals surface area contributed by atoms with E-state index in [2.05, 4.69) is 0 Å². The Morgan fingerprint density at radius 2 is 1.81 bits per heavy atom. The van der Waals surface area contributed by atoms with Gasteiger partial charge in [0.15, 0.2) is 6.29 Å². The molecule has 0 amide bonds. The summed E-state index contributed by atoms with van der Waals surface area (Å²) in [5.41, 5.74) is 0.987. The first-order chi connectivity index (χ1) is 10.2. The summed E-state index contributed by atoms with van der Waals surface area (Å²) in [6, 6.07) is 9.63. The van der Waals surface area contributed by atoms with Crippen molar-refractivity contribution in [2.45, 2.75) is 37.3 Å². The Morgan fingerprint density at radius 3 is 2.38 bits per heavy atom. The zero-order valence-electron chi connectivity index (χ0n) is 12.2. The lowest BCUT2D eigenvalue weighted by molar-refractivity contribution is -0.307. The highest BCUT2D eigenvalue weighted by Gasteiger charge is 2.46. The van der Waals surface area contributed by atoms with E-state index >= 15 is 0 Å². The van der Waals surface area contributed by atoms with Crippen molar-refractivity contribution in [2.75, 3.05) is 20.8 Å². The summed E-state index contributed by atoms with van der Waals surface area (Å²) in [5, 5.41) is 19.6. The fourth-order valence-corrected chi connectivity index (χ4v) is 2.44. The van der Waals surface area contributed by atoms with Crippen molar-refractivity contribution in [3.8, 4) is 0 Å². The summed E-state index contributed by atoms with van der Waals surface area (Å²) >= 11 is 0. The standard InChI is InChI=1S/C15H22O6/c1-18-14-13(20-9-10-6-4-3-5-7-10)12(17)11(8-16)21-15(14)19-2/h3-7,11-17H,8-9H2,1-2H3/t11-,12-,13+,14-,15+/m1/s1. The summed E-state index contributed by atoms with van der Waals surface area (Å²) in [4.78, 5) is 0. The van der Waals surface area contributed by atoms with Gasteiger partial charge in [0.1, 0.15) is 24.4 Å². The Balaban J connectivity index is 2.08. The van der Waals surface area contributed by atoms with Crippen LogP contribution in [0.15, 0.2) is 30.3 Å². The molecule has 0 saturated carbocycles. The van der Waals surface area contributed by atoms with Crippen LogP contribution in [0.1, 0.15) is 5.56 Å². The van der Waals surface area contributed by atoms with Gasteiger partial charge in [-0.15, -0.1) is 0 Å². The lowest BCUT2D eigenvalue weighted by Gasteiger charge is -2.42. The monoisotopic (exact) mass is 298 g/mol. The number of aliphatic hydroxyl groups is 2. The van der Waals surface area contributed by atoms with Crippen molar-refractivity contribution in [1.82, 2.24) is 0 Å². The number of benzene rings is 1. The first-order valence-electron chi connectivity index (χ1n) is 6.86. The molecule has 0 aliphatic carbocycles. The van der Waals surface area contributed by atoms with Crippen LogP contribution in [0.5, 0.6) is 0 Å². The molecule has 1 aromatic rings. The topological polar surface area (TPSA) is 77.4 Å². The van der Waals surface area contributed by atoms with Crippen molar-refractivity contribution in [3.63, 3.8) is 0 Å². The Hall–Kier alpha value is -1.02. The number of ether oxygens (including phenoxy) is 4. The average Bonchev–Trinajstić information content (AvgIpc) is 2.54. The number of hydrogen-bond acceptors (Lipinski definition) is 6. The van der Waals surface area contributed by atoms with Crippen molar-refractivity contribution >= 4 is 0 Å². The fraction of sp³-hybridized carbons (Fsp3) is 0.600. The van der Waals surface area contributed by atoms with Crippen molar-refractivity contribution in [1.29, 1.82) is 0 Å². The van der Waals surface area contributed by atoms with E-state index in [1.54, 1.807) is 0 Å². The molecular weight excluding hydrogens is 276 g/mol. The number of rotatable bonds is 6. The Kier molecular flexibility index (Phi) is 6.10. The zero-order valence-corrected chi connectivity index (χ0v) is 12.2. The van der Waals surface area contributed by atoms with Crippen LogP contribution >= 0.6 is 0 Å². The second-order valence-corrected chi connectivity index (χ2v) is 4.91. The Bertz CT molecular complexity index is 412. The summed E-state index contributed by atoms with van der Waals surface area (Å²) in [7, 11) is 2.99. The molecule has 0 bridgehead atoms. The van der Waals surface area contributed by atoms with E-state index in [0.717, 1.165) is 5.56 Å². The molecule has 1 fully saturated rings. The van der Waals surface area contributed by atoms with E-state index in [9.17, 15) is 10.2 Å². The molecule has 0 spiro atoms. The maximum atomic E-state index is 10.3. The molecule has 6 nitrogen and oxygen atoms in total. The van der Waals surface area contributed by atoms with Crippen LogP contribution in [0, 0.1) is 0 Å². The molecular formula is C15H22O6. The Morgan fingerprint density at radius 1 is 1.10 bits per heavy atom. The number of aliphatic hydroxyl groups excluding tert-OH is 2. The third-order valence-corrected chi connectivity index (χ3v) is 3.59. The third kappa shape index (κ3) is 3.79. The molecule has 1 aliphatic rings. The van der Waals surface area contributed by atoms with E-state index < -0.39 is 30.7 Å². The summed E-state index contributed by atoms with van der Waals surface area (Å²) < 4.78 is 21.8. The third-order valence-electron chi connectivity index (χ3n) is 3.59. The number of methoxy groups -OCH3 is 2. The van der Waals surface area contributed by atoms with Gasteiger partial charge >= 0.3 is 0 Å². The van der Waals surface area contributed by atoms with Crippen molar-refractivity contribution < 1.29 is 29.2 Å². The highest BCUT2D eigenvalue weighted by molar-refractivity contribution is 5.13. The fourth-order valence-electron chi connectivity index (χ4n) is 2.44. The smallest absolute Gasteiger partial charge is 0.186 e. The van der Waals surface area contributed by atoms with Gasteiger partial charge in [-0.3, -0.25) is 0 Å². The predicted octanol–water partition coefficient (Wildman–Crippen LogP) is 0.311. The second-order valence-electron chi connectivity index (χ2n) is 4.91. The molecule has 2 rings (SSSR count). The highest BCUT2D eigenvalue weighted by Crippen LogP contribution is 2.26. The first-order valence-corrected chi connectivity index (χ1v) is 6.86. The van der Waals surface area contributed by atoms with Crippen LogP contribution in [0.4, 0.5) is 0 Å². The SMILES string of the molecule is CO[C@H]1O[C@H](CO)[C@@H](O)[C@H](OCc2ccccc2)[C@H]1OC. The summed E-state index contributed by atoms with van der Waals surface area (Å²) in [6.07, 6.45) is -3.67. The molecule has 6 heteroatoms. The minimum Gasteiger partial charge on any atom is -0.394 e. The van der Waals surface area contributed by atoms with Gasteiger partial charge in [0.2, 0.25) is 0 Å². The van der Waals surface area contributed by atoms with Gasteiger partial charge in [-0.1, -0.05) is 30.3 Å². The quantitative estimate of drug-likeness (QED) is 0.787. The van der Waals surface area contributed by atoms with E-state index in [-0.39, 0.29) is 6.61 Å². The average molecular weight is 298 g/mol. The minimum absolute atomic E-state index is 0.317. The molecule has 1 heterocycles. The molecule has 118 valence electrons. The molecule has 21 heavy (non-hydrogen) atoms. The lowest BCUT2D eigenvalue weighted by Crippen LogP contribution is -2.60. The molecule has 1 saturated heterocycles. The lowest BCUT2D eigenvalue weighted by atomic mass is 9.98. The number of hydrogen-bond donors (Lipinski definition) is 2. The molecule has 2 N–H and O–H groups in total. The van der Waals surface area contributed by atoms with Gasteiger partial charge in [0.25, 0.3) is 0 Å². The van der Waals surface area contributed by atoms with Crippen LogP contribution in [0.25, 0.3) is 0 Å². The minimum atomic E-state index is -0.991. The molecule has 0 aromatic heterocycles. The molecule has 5 atom stereocenters. The van der Waals surface area contributed by atoms with Crippen LogP contribution in [-0.2, 0) is 25.6 Å². The van der Waals surface area contributed by atoms with Gasteiger partial charge < -0.3 is 29.2 Å². The van der Waals surface area contributed by atoms with Gasteiger partial charge in [-0.05, 0) is 5.56 Å². The van der Waals surface area contributed by atoms with Crippen LogP contribution in [0.2, 0.25) is 0 Å². The molecule has 1 aromatic carbocycles. The van der Waals surface area contributed by atoms with Crippen molar-refractivity contribution in [3.05, 3.63) is 35.9 Å². The normalized spacial score (nSPS) is 33.0. The van der Waals surface area contributed by atoms with Crippen molar-refractivity contribution in [2.24, 2.45) is 0 Å². The van der Waals surface area contributed by atoms with Gasteiger partial charge in [0.05, 0.1) is 13.2 Å². The highest BCUT2D eigenvalue weighted by atomic mass is 16.7. The predicted molar refractivity (Wildman–Crippen MR) is 74.6 cm³/mol. The largest absolute Gasteiger partial charge is 0.394 e. The summed E-state index contributed by atoms with van der Waals surface area (Å²) in [6.45, 7) is 0.0136. The van der Waals surface area contributed by atoms with Crippen LogP contribution in [-0.4, -0.2) is 61.7 Å². The van der Waals surface area contributed by atoms with E-state index in [1.165, 1.54) is 14.2 Å². The van der Waals surface area contributed by atoms with Gasteiger partial charge in [-0.2, -0.15) is 0 Å².